The van der Waals surface area contributed by atoms with E-state index in [0.717, 1.165) is 32.1 Å². The van der Waals surface area contributed by atoms with Crippen LogP contribution in [0.1, 0.15) is 45.4 Å². The number of nitrogens with zero attached hydrogens (tertiary/aromatic N) is 1. The van der Waals surface area contributed by atoms with Crippen LogP contribution in [0.25, 0.3) is 0 Å². The third kappa shape index (κ3) is 4.29. The summed E-state index contributed by atoms with van der Waals surface area (Å²) >= 11 is 0. The maximum atomic E-state index is 12.2. The van der Waals surface area contributed by atoms with E-state index in [2.05, 4.69) is 4.74 Å². The van der Waals surface area contributed by atoms with Crippen LogP contribution in [0.2, 0.25) is 0 Å². The van der Waals surface area contributed by atoms with Gasteiger partial charge in [-0.05, 0) is 19.3 Å². The molecule has 1 rings (SSSR count). The average Bonchev–Trinajstić information content (AvgIpc) is 2.74. The normalized spacial score (nSPS) is 17.5. The van der Waals surface area contributed by atoms with E-state index in [4.69, 9.17) is 5.73 Å². The number of rotatable bonds is 6. The maximum absolute atomic E-state index is 12.2. The first-order chi connectivity index (χ1) is 8.50. The summed E-state index contributed by atoms with van der Waals surface area (Å²) < 4.78 is 4.61. The molecule has 0 aliphatic heterocycles. The monoisotopic (exact) mass is 256 g/mol. The van der Waals surface area contributed by atoms with E-state index in [1.165, 1.54) is 7.11 Å². The molecule has 2 N–H and O–H groups in total. The number of methoxy groups -OCH3 is 1. The van der Waals surface area contributed by atoms with Gasteiger partial charge in [0.15, 0.2) is 0 Å². The van der Waals surface area contributed by atoms with E-state index in [9.17, 15) is 9.59 Å². The summed E-state index contributed by atoms with van der Waals surface area (Å²) in [5, 5.41) is 0. The molecule has 0 radical (unpaired) electrons. The van der Waals surface area contributed by atoms with Crippen molar-refractivity contribution in [1.29, 1.82) is 0 Å². The summed E-state index contributed by atoms with van der Waals surface area (Å²) in [5.41, 5.74) is 5.83. The molecule has 5 nitrogen and oxygen atoms in total. The molecule has 104 valence electrons. The maximum Gasteiger partial charge on any atom is 0.325 e. The van der Waals surface area contributed by atoms with Crippen molar-refractivity contribution in [2.24, 2.45) is 5.73 Å². The Bertz CT molecular complexity index is 299. The molecule has 1 aliphatic rings. The van der Waals surface area contributed by atoms with Gasteiger partial charge in [0, 0.05) is 18.5 Å². The van der Waals surface area contributed by atoms with Crippen molar-refractivity contribution in [2.45, 2.75) is 51.0 Å². The molecular formula is C13H24N2O3. The second kappa shape index (κ2) is 6.73. The molecule has 0 saturated heterocycles. The molecular weight excluding hydrogens is 232 g/mol. The van der Waals surface area contributed by atoms with Crippen molar-refractivity contribution in [2.75, 3.05) is 20.2 Å². The van der Waals surface area contributed by atoms with Gasteiger partial charge in [0.05, 0.1) is 7.11 Å². The second-order valence-corrected chi connectivity index (χ2v) is 5.14. The smallest absolute Gasteiger partial charge is 0.325 e. The molecule has 0 spiro atoms. The Morgan fingerprint density at radius 2 is 1.94 bits per heavy atom. The zero-order valence-electron chi connectivity index (χ0n) is 11.4. The van der Waals surface area contributed by atoms with Gasteiger partial charge in [-0.3, -0.25) is 9.59 Å². The van der Waals surface area contributed by atoms with Crippen LogP contribution in [0.4, 0.5) is 0 Å². The van der Waals surface area contributed by atoms with Crippen LogP contribution < -0.4 is 5.73 Å². The topological polar surface area (TPSA) is 72.6 Å². The van der Waals surface area contributed by atoms with Gasteiger partial charge in [0.1, 0.15) is 6.54 Å². The Morgan fingerprint density at radius 1 is 1.33 bits per heavy atom. The van der Waals surface area contributed by atoms with E-state index in [1.807, 2.05) is 6.92 Å². The van der Waals surface area contributed by atoms with Crippen LogP contribution in [0, 0.1) is 0 Å². The largest absolute Gasteiger partial charge is 0.468 e. The predicted octanol–water partition coefficient (Wildman–Crippen LogP) is 1.06. The first-order valence-corrected chi connectivity index (χ1v) is 6.64. The summed E-state index contributed by atoms with van der Waals surface area (Å²) in [5.74, 6) is -0.416. The molecule has 0 unspecified atom stereocenters. The number of hydrogen-bond donors (Lipinski definition) is 1. The lowest BCUT2D eigenvalue weighted by Crippen LogP contribution is -2.45. The van der Waals surface area contributed by atoms with Crippen LogP contribution in [-0.4, -0.2) is 42.5 Å². The van der Waals surface area contributed by atoms with E-state index in [-0.39, 0.29) is 24.0 Å². The van der Waals surface area contributed by atoms with Gasteiger partial charge in [0.25, 0.3) is 0 Å². The highest BCUT2D eigenvalue weighted by molar-refractivity contribution is 5.82. The van der Waals surface area contributed by atoms with E-state index >= 15 is 0 Å². The van der Waals surface area contributed by atoms with E-state index in [0.29, 0.717) is 13.0 Å². The fourth-order valence-electron chi connectivity index (χ4n) is 2.45. The lowest BCUT2D eigenvalue weighted by Gasteiger charge is -2.27. The standard InChI is InChI=1S/C13H24N2O3/c1-3-8-15(10-12(17)18-2)11(16)9-13(14)6-4-5-7-13/h3-10,14H2,1-2H3. The molecule has 0 aromatic heterocycles. The molecule has 0 atom stereocenters. The Balaban J connectivity index is 2.55. The number of nitrogens with two attached hydrogens (primary N) is 1. The minimum absolute atomic E-state index is 0.0270. The highest BCUT2D eigenvalue weighted by Crippen LogP contribution is 2.30. The fraction of sp³-hybridized carbons (Fsp3) is 0.846. The van der Waals surface area contributed by atoms with Crippen LogP contribution in [0.15, 0.2) is 0 Å². The SMILES string of the molecule is CCCN(CC(=O)OC)C(=O)CC1(N)CCCC1. The number of ether oxygens (including phenoxy) is 1. The molecule has 1 aliphatic carbocycles. The fourth-order valence-corrected chi connectivity index (χ4v) is 2.45. The quantitative estimate of drug-likeness (QED) is 0.721. The highest BCUT2D eigenvalue weighted by atomic mass is 16.5. The number of hydrogen-bond acceptors (Lipinski definition) is 4. The summed E-state index contributed by atoms with van der Waals surface area (Å²) in [6.45, 7) is 2.58. The molecule has 0 heterocycles. The highest BCUT2D eigenvalue weighted by Gasteiger charge is 2.33. The van der Waals surface area contributed by atoms with Gasteiger partial charge < -0.3 is 15.4 Å². The Morgan fingerprint density at radius 3 is 2.44 bits per heavy atom. The molecule has 0 aromatic carbocycles. The zero-order valence-corrected chi connectivity index (χ0v) is 11.4. The molecule has 0 bridgehead atoms. The van der Waals surface area contributed by atoms with Crippen molar-refractivity contribution in [3.63, 3.8) is 0 Å². The van der Waals surface area contributed by atoms with Gasteiger partial charge in [-0.25, -0.2) is 0 Å². The Labute approximate surface area is 109 Å². The van der Waals surface area contributed by atoms with Gasteiger partial charge in [-0.2, -0.15) is 0 Å². The molecule has 0 aromatic rings. The van der Waals surface area contributed by atoms with Crippen molar-refractivity contribution in [3.05, 3.63) is 0 Å². The van der Waals surface area contributed by atoms with Gasteiger partial charge >= 0.3 is 5.97 Å². The number of carbonyl (C=O) groups is 2. The third-order valence-electron chi connectivity index (χ3n) is 3.50. The van der Waals surface area contributed by atoms with Crippen LogP contribution in [0.5, 0.6) is 0 Å². The Hall–Kier alpha value is -1.10. The van der Waals surface area contributed by atoms with Crippen LogP contribution in [0.3, 0.4) is 0 Å². The zero-order chi connectivity index (χ0) is 13.6. The summed E-state index contributed by atoms with van der Waals surface area (Å²) in [7, 11) is 1.33. The molecule has 18 heavy (non-hydrogen) atoms. The minimum atomic E-state index is -0.380. The summed E-state index contributed by atoms with van der Waals surface area (Å²) in [4.78, 5) is 25.0. The van der Waals surface area contributed by atoms with Gasteiger partial charge in [0.2, 0.25) is 5.91 Å². The van der Waals surface area contributed by atoms with E-state index in [1.54, 1.807) is 4.90 Å². The lowest BCUT2D eigenvalue weighted by atomic mass is 9.94. The molecule has 1 fully saturated rings. The van der Waals surface area contributed by atoms with Crippen molar-refractivity contribution >= 4 is 11.9 Å². The number of esters is 1. The van der Waals surface area contributed by atoms with E-state index < -0.39 is 0 Å². The summed E-state index contributed by atoms with van der Waals surface area (Å²) in [6, 6.07) is 0. The predicted molar refractivity (Wildman–Crippen MR) is 68.9 cm³/mol. The van der Waals surface area contributed by atoms with Crippen molar-refractivity contribution in [3.8, 4) is 0 Å². The second-order valence-electron chi connectivity index (χ2n) is 5.14. The van der Waals surface area contributed by atoms with Crippen LogP contribution >= 0.6 is 0 Å². The molecule has 5 heteroatoms. The lowest BCUT2D eigenvalue weighted by molar-refractivity contribution is -0.147. The molecule has 1 amide bonds. The number of carbonyl (C=O) groups excluding carboxylic acids is 2. The number of amides is 1. The van der Waals surface area contributed by atoms with Crippen molar-refractivity contribution in [1.82, 2.24) is 4.90 Å². The minimum Gasteiger partial charge on any atom is -0.468 e. The van der Waals surface area contributed by atoms with Crippen LogP contribution in [-0.2, 0) is 14.3 Å². The Kier molecular flexibility index (Phi) is 5.59. The average molecular weight is 256 g/mol. The van der Waals surface area contributed by atoms with Gasteiger partial charge in [-0.1, -0.05) is 19.8 Å². The van der Waals surface area contributed by atoms with Crippen molar-refractivity contribution < 1.29 is 14.3 Å². The summed E-state index contributed by atoms with van der Waals surface area (Å²) in [6.07, 6.45) is 5.14. The third-order valence-corrected chi connectivity index (χ3v) is 3.50. The first-order valence-electron chi connectivity index (χ1n) is 6.64. The first kappa shape index (κ1) is 15.0. The van der Waals surface area contributed by atoms with Gasteiger partial charge in [-0.15, -0.1) is 0 Å². The molecule has 1 saturated carbocycles.